The molecule has 3 amide bonds. The first kappa shape index (κ1) is 106. The van der Waals surface area contributed by atoms with E-state index >= 15 is 0 Å². The number of amides is 3. The van der Waals surface area contributed by atoms with Gasteiger partial charge in [-0.3, -0.25) is 33.6 Å². The van der Waals surface area contributed by atoms with Gasteiger partial charge in [0.05, 0.1) is 98.2 Å². The first-order valence-corrected chi connectivity index (χ1v) is 38.7. The summed E-state index contributed by atoms with van der Waals surface area (Å²) in [5.41, 5.74) is -2.83. The van der Waals surface area contributed by atoms with Crippen LogP contribution in [0.25, 0.3) is 0 Å². The molecule has 125 heavy (non-hydrogen) atoms. The fraction of sp³-hybridized carbons (Fsp3) is 0.304. The largest absolute Gasteiger partial charge is 2.00 e. The van der Waals surface area contributed by atoms with E-state index in [9.17, 15) is 60.8 Å². The fourth-order valence-corrected chi connectivity index (χ4v) is 11.8. The summed E-state index contributed by atoms with van der Waals surface area (Å²) in [5.74, 6) is -2.16. The molecule has 3 aliphatic heterocycles. The summed E-state index contributed by atoms with van der Waals surface area (Å²) in [6.45, 7) is 6.10. The number of phosphoric ester groups is 3. The van der Waals surface area contributed by atoms with Gasteiger partial charge in [-0.2, -0.15) is 15.0 Å². The van der Waals surface area contributed by atoms with Crippen molar-refractivity contribution in [3.63, 3.8) is 0 Å². The van der Waals surface area contributed by atoms with Crippen molar-refractivity contribution in [2.75, 3.05) is 131 Å². The summed E-state index contributed by atoms with van der Waals surface area (Å²) >= 11 is 0. The first-order valence-electron chi connectivity index (χ1n) is 34.2. The number of hydrogen-bond acceptors (Lipinski definition) is 40. The number of fused-ring (bicyclic) bond motifs is 3. The number of carbonyl (C=O) groups excluding carboxylic acids is 3. The van der Waals surface area contributed by atoms with Crippen molar-refractivity contribution in [3.8, 4) is 69.0 Å². The van der Waals surface area contributed by atoms with E-state index < -0.39 is 95.6 Å². The van der Waals surface area contributed by atoms with Crippen LogP contribution in [0.5, 0.6) is 69.0 Å². The molecule has 3 aliphatic rings. The monoisotopic (exact) mass is 1860 g/mol. The Morgan fingerprint density at radius 3 is 0.832 bits per heavy atom. The van der Waals surface area contributed by atoms with Gasteiger partial charge in [0.15, 0.2) is 121 Å². The van der Waals surface area contributed by atoms with Crippen molar-refractivity contribution >= 4 is 166 Å². The third kappa shape index (κ3) is 26.6. The normalized spacial score (nSPS) is 13.6. The van der Waals surface area contributed by atoms with Gasteiger partial charge in [0, 0.05) is 53.5 Å². The van der Waals surface area contributed by atoms with Crippen LogP contribution in [-0.4, -0.2) is 222 Å². The smallest absolute Gasteiger partial charge is 0.790 e. The molecule has 47 nitrogen and oxygen atoms in total. The molecule has 3 aromatic carbocycles. The molecule has 0 aliphatic carbocycles. The van der Waals surface area contributed by atoms with Crippen LogP contribution < -0.4 is 182 Å². The van der Waals surface area contributed by atoms with E-state index in [1.165, 1.54) is 142 Å². The molecule has 6 aromatic heterocycles. The minimum Gasteiger partial charge on any atom is -0.790 e. The maximum Gasteiger partial charge on any atom is 2.00 e. The molecule has 9 aromatic rings. The number of pyridine rings is 3. The van der Waals surface area contributed by atoms with E-state index in [0.29, 0.717) is 68.8 Å². The Kier molecular flexibility index (Phi) is 37.5. The SMILES string of the molecule is COc1cc(Nc2ncc(F)c(Nc3ccc4c(n3)N(COP(=O)(O)O)C(=O)C(C)(C)O4)n2)cc(OC)c1OC.COc1cc(Nc2ncc(F)c(Nc3ccc4c(n3)N(COP(=O)([O-])[O-])C(=O)C(C)(C)O4)n2)cc(OC)c1OC.COc1cc(Nc2ncc(F)c(Nc3ccc4c(n3)N(COP(=O)([O-])[O-])C(=O)C(C)(C)O4)n2)cc(OC)c1OC.O.O.[Ca+2].[Na+].[Na+]. The topological polar surface area (TPSA) is 634 Å². The van der Waals surface area contributed by atoms with Gasteiger partial charge in [0.25, 0.3) is 17.7 Å². The second kappa shape index (κ2) is 44.3. The quantitative estimate of drug-likeness (QED) is 0.0192. The van der Waals surface area contributed by atoms with Crippen molar-refractivity contribution in [1.29, 1.82) is 0 Å². The Labute approximate surface area is 782 Å². The number of rotatable bonds is 30. The summed E-state index contributed by atoms with van der Waals surface area (Å²) in [6, 6.07) is 18.2. The minimum absolute atomic E-state index is 0. The third-order valence-electron chi connectivity index (χ3n) is 16.4. The maximum atomic E-state index is 14.7. The van der Waals surface area contributed by atoms with E-state index in [0.717, 1.165) is 33.3 Å². The number of nitrogens with zero attached hydrogens (tertiary/aromatic N) is 12. The number of aromatic nitrogens is 9. The zero-order valence-corrected chi connectivity index (χ0v) is 78.3. The summed E-state index contributed by atoms with van der Waals surface area (Å²) in [4.78, 5) is 141. The fourth-order valence-electron chi connectivity index (χ4n) is 11.1. The van der Waals surface area contributed by atoms with E-state index in [-0.39, 0.29) is 195 Å². The molecule has 0 bridgehead atoms. The molecule has 0 radical (unpaired) electrons. The number of nitrogens with one attached hydrogen (secondary N) is 6. The Hall–Kier alpha value is -9.54. The van der Waals surface area contributed by atoms with Gasteiger partial charge in [-0.1, -0.05) is 0 Å². The number of anilines is 15. The number of carbonyl (C=O) groups is 3. The number of ether oxygens (including phenoxy) is 12. The predicted molar refractivity (Wildman–Crippen MR) is 421 cm³/mol. The summed E-state index contributed by atoms with van der Waals surface area (Å²) in [5, 5.41) is 16.8. The molecular formula is C69H78CaF3N18Na2O29P3. The molecular weight excluding hydrogens is 1780 g/mol. The standard InChI is InChI=1S/3C23H26FN6O9P.Ca.2Na.2H2O/c3*1-23(2)21(31)30(11-38-40(32,33)34)20-14(39-23)6-7-17(28-20)27-19-13(24)10-25-22(29-19)26-12-8-15(35-3)18(37-5)16(9-12)36-4;;;;;/h3*6-10H,11H2,1-5H3,(H2,32,33,34)(H2,25,26,27,28,29);;;;2*1H2/q;;;+2;2*+1;;/p-4. The Bertz CT molecular complexity index is 4930. The number of phosphoric acid groups is 3. The van der Waals surface area contributed by atoms with Crippen LogP contribution in [0.1, 0.15) is 41.5 Å². The van der Waals surface area contributed by atoms with Crippen LogP contribution >= 0.6 is 23.5 Å². The van der Waals surface area contributed by atoms with E-state index in [1.807, 2.05) is 0 Å². The molecule has 0 atom stereocenters. The number of halogens is 3. The molecule has 12 rings (SSSR count). The zero-order chi connectivity index (χ0) is 87.7. The second-order valence-corrected chi connectivity index (χ2v) is 29.5. The van der Waals surface area contributed by atoms with Crippen LogP contribution in [-0.2, 0) is 41.6 Å². The van der Waals surface area contributed by atoms with Gasteiger partial charge >= 0.3 is 105 Å². The van der Waals surface area contributed by atoms with Crippen LogP contribution in [0.4, 0.5) is 100 Å². The van der Waals surface area contributed by atoms with Gasteiger partial charge < -0.3 is 147 Å². The maximum absolute atomic E-state index is 14.7. The summed E-state index contributed by atoms with van der Waals surface area (Å²) in [7, 11) is -2.60. The van der Waals surface area contributed by atoms with E-state index in [2.05, 4.69) is 90.3 Å². The minimum atomic E-state index is -5.41. The zero-order valence-electron chi connectivity index (χ0n) is 69.4. The van der Waals surface area contributed by atoms with Crippen molar-refractivity contribution in [3.05, 3.63) is 109 Å². The molecule has 0 saturated carbocycles. The van der Waals surface area contributed by atoms with Crippen molar-refractivity contribution in [2.45, 2.75) is 58.3 Å². The first-order chi connectivity index (χ1) is 56.5. The van der Waals surface area contributed by atoms with Crippen LogP contribution in [0, 0.1) is 17.5 Å². The molecule has 658 valence electrons. The molecule has 9 heterocycles. The van der Waals surface area contributed by atoms with E-state index in [1.54, 1.807) is 36.4 Å². The Balaban J connectivity index is 0.000000326. The van der Waals surface area contributed by atoms with E-state index in [4.69, 9.17) is 66.6 Å². The van der Waals surface area contributed by atoms with Gasteiger partial charge in [-0.15, -0.1) is 0 Å². The molecule has 0 spiro atoms. The number of methoxy groups -OCH3 is 9. The van der Waals surface area contributed by atoms with Gasteiger partial charge in [0.1, 0.15) is 37.6 Å². The van der Waals surface area contributed by atoms with Gasteiger partial charge in [-0.25, -0.2) is 47.6 Å². The third-order valence-corrected chi connectivity index (χ3v) is 17.8. The average molecular weight is 1860 g/mol. The van der Waals surface area contributed by atoms with Crippen LogP contribution in [0.3, 0.4) is 0 Å². The van der Waals surface area contributed by atoms with Crippen LogP contribution in [0.2, 0.25) is 0 Å². The second-order valence-electron chi connectivity index (χ2n) is 25.9. The summed E-state index contributed by atoms with van der Waals surface area (Å²) < 4.78 is 155. The molecule has 0 unspecified atom stereocenters. The Morgan fingerprint density at radius 1 is 0.392 bits per heavy atom. The number of hydrogen-bond donors (Lipinski definition) is 8. The molecule has 12 N–H and O–H groups in total. The van der Waals surface area contributed by atoms with Crippen molar-refractivity contribution in [1.82, 2.24) is 44.9 Å². The van der Waals surface area contributed by atoms with Gasteiger partial charge in [0.2, 0.25) is 35.1 Å². The van der Waals surface area contributed by atoms with Crippen molar-refractivity contribution < 1.29 is 211 Å². The molecule has 0 fully saturated rings. The predicted octanol–water partition coefficient (Wildman–Crippen LogP) is -1.27. The molecule has 56 heteroatoms. The Morgan fingerprint density at radius 2 is 0.624 bits per heavy atom. The summed E-state index contributed by atoms with van der Waals surface area (Å²) in [6.07, 6.45) is 2.77. The van der Waals surface area contributed by atoms with Crippen LogP contribution in [0.15, 0.2) is 91.4 Å². The molecule has 0 saturated heterocycles. The van der Waals surface area contributed by atoms with Crippen molar-refractivity contribution in [2.24, 2.45) is 0 Å². The average Bonchev–Trinajstić information content (AvgIpc) is 0.769. The van der Waals surface area contributed by atoms with Gasteiger partial charge in [-0.05, 0) is 77.9 Å². The number of benzene rings is 3.